The van der Waals surface area contributed by atoms with Gasteiger partial charge in [0.25, 0.3) is 0 Å². The number of rotatable bonds is 3. The van der Waals surface area contributed by atoms with E-state index in [2.05, 4.69) is 35.1 Å². The van der Waals surface area contributed by atoms with Gasteiger partial charge >= 0.3 is 5.69 Å². The van der Waals surface area contributed by atoms with Gasteiger partial charge in [-0.05, 0) is 53.6 Å². The molecule has 110 valence electrons. The lowest BCUT2D eigenvalue weighted by molar-refractivity contribution is 0.691. The summed E-state index contributed by atoms with van der Waals surface area (Å²) in [6.45, 7) is 2.13. The highest BCUT2D eigenvalue weighted by atomic mass is 32.1. The van der Waals surface area contributed by atoms with Crippen molar-refractivity contribution in [3.8, 4) is 0 Å². The molecule has 0 radical (unpaired) electrons. The monoisotopic (exact) mass is 301 g/mol. The van der Waals surface area contributed by atoms with E-state index >= 15 is 0 Å². The molecule has 21 heavy (non-hydrogen) atoms. The molecule has 3 rings (SSSR count). The Morgan fingerprint density at radius 3 is 2.48 bits per heavy atom. The van der Waals surface area contributed by atoms with Gasteiger partial charge in [0.15, 0.2) is 0 Å². The molecule has 5 heteroatoms. The van der Waals surface area contributed by atoms with Crippen LogP contribution in [0.5, 0.6) is 0 Å². The number of fused-ring (bicyclic) bond motifs is 1. The van der Waals surface area contributed by atoms with E-state index in [1.807, 2.05) is 27.2 Å². The number of thiophene rings is 1. The van der Waals surface area contributed by atoms with Crippen LogP contribution < -0.4 is 11.0 Å². The predicted molar refractivity (Wildman–Crippen MR) is 88.1 cm³/mol. The van der Waals surface area contributed by atoms with Crippen molar-refractivity contribution in [3.05, 3.63) is 56.1 Å². The fourth-order valence-corrected chi connectivity index (χ4v) is 3.75. The fraction of sp³-hybridized carbons (Fsp3) is 0.312. The van der Waals surface area contributed by atoms with E-state index < -0.39 is 0 Å². The number of benzene rings is 1. The van der Waals surface area contributed by atoms with Crippen molar-refractivity contribution >= 4 is 22.4 Å². The van der Waals surface area contributed by atoms with Crippen molar-refractivity contribution in [1.82, 2.24) is 14.5 Å². The number of hydrogen-bond acceptors (Lipinski definition) is 3. The normalized spacial score (nSPS) is 13.0. The Hall–Kier alpha value is -1.85. The molecule has 0 aliphatic carbocycles. The topological polar surface area (TPSA) is 39.0 Å². The van der Waals surface area contributed by atoms with Gasteiger partial charge in [0, 0.05) is 14.1 Å². The van der Waals surface area contributed by atoms with E-state index in [0.717, 1.165) is 11.0 Å². The Labute approximate surface area is 127 Å². The van der Waals surface area contributed by atoms with Gasteiger partial charge in [0.05, 0.1) is 17.1 Å². The summed E-state index contributed by atoms with van der Waals surface area (Å²) < 4.78 is 3.38. The average molecular weight is 301 g/mol. The van der Waals surface area contributed by atoms with Crippen LogP contribution in [-0.4, -0.2) is 16.2 Å². The number of aromatic nitrogens is 2. The second-order valence-corrected chi connectivity index (χ2v) is 6.12. The molecule has 0 spiro atoms. The van der Waals surface area contributed by atoms with Crippen molar-refractivity contribution in [1.29, 1.82) is 0 Å². The third kappa shape index (κ3) is 2.13. The summed E-state index contributed by atoms with van der Waals surface area (Å²) in [6.07, 6.45) is 0. The van der Waals surface area contributed by atoms with E-state index in [1.54, 1.807) is 20.5 Å². The van der Waals surface area contributed by atoms with Crippen LogP contribution in [0.4, 0.5) is 0 Å². The first kappa shape index (κ1) is 14.1. The van der Waals surface area contributed by atoms with E-state index in [9.17, 15) is 4.79 Å². The molecular weight excluding hydrogens is 282 g/mol. The molecule has 1 atom stereocenters. The molecule has 1 unspecified atom stereocenters. The summed E-state index contributed by atoms with van der Waals surface area (Å²) in [5, 5.41) is 7.73. The quantitative estimate of drug-likeness (QED) is 0.807. The summed E-state index contributed by atoms with van der Waals surface area (Å²) in [7, 11) is 5.59. The highest BCUT2D eigenvalue weighted by Crippen LogP contribution is 2.29. The summed E-state index contributed by atoms with van der Waals surface area (Å²) in [5.41, 5.74) is 5.70. The number of imidazole rings is 1. The molecule has 3 aromatic rings. The molecular formula is C16H19N3OS. The highest BCUT2D eigenvalue weighted by molar-refractivity contribution is 7.08. The molecule has 1 N–H and O–H groups in total. The molecule has 0 amide bonds. The molecule has 0 aliphatic heterocycles. The Balaban J connectivity index is 2.18. The minimum absolute atomic E-state index is 0.00914. The molecule has 2 aromatic heterocycles. The van der Waals surface area contributed by atoms with Gasteiger partial charge in [-0.15, -0.1) is 0 Å². The number of aryl methyl sites for hydroxylation is 3. The Morgan fingerprint density at radius 1 is 1.14 bits per heavy atom. The van der Waals surface area contributed by atoms with Gasteiger partial charge in [-0.1, -0.05) is 6.07 Å². The van der Waals surface area contributed by atoms with Gasteiger partial charge in [-0.25, -0.2) is 4.79 Å². The van der Waals surface area contributed by atoms with Crippen molar-refractivity contribution < 1.29 is 0 Å². The second-order valence-electron chi connectivity index (χ2n) is 5.38. The van der Waals surface area contributed by atoms with Crippen LogP contribution in [0.1, 0.15) is 22.7 Å². The van der Waals surface area contributed by atoms with Gasteiger partial charge in [-0.3, -0.25) is 9.13 Å². The maximum absolute atomic E-state index is 12.0. The van der Waals surface area contributed by atoms with Crippen LogP contribution in [0, 0.1) is 6.92 Å². The molecule has 4 nitrogen and oxygen atoms in total. The SMILES string of the molecule is CNC(c1ccc2c(c1)n(C)c(=O)n2C)c1cscc1C. The Kier molecular flexibility index (Phi) is 3.47. The lowest BCUT2D eigenvalue weighted by Gasteiger charge is -2.17. The zero-order valence-corrected chi connectivity index (χ0v) is 13.5. The van der Waals surface area contributed by atoms with Crippen molar-refractivity contribution in [2.45, 2.75) is 13.0 Å². The van der Waals surface area contributed by atoms with Crippen LogP contribution in [0.25, 0.3) is 11.0 Å². The zero-order chi connectivity index (χ0) is 15.1. The Morgan fingerprint density at radius 2 is 1.86 bits per heavy atom. The lowest BCUT2D eigenvalue weighted by Crippen LogP contribution is -2.19. The molecule has 0 aliphatic rings. The van der Waals surface area contributed by atoms with Crippen molar-refractivity contribution in [2.24, 2.45) is 14.1 Å². The minimum atomic E-state index is 0.00914. The molecule has 1 aromatic carbocycles. The second kappa shape index (κ2) is 5.16. The number of nitrogens with zero attached hydrogens (tertiary/aromatic N) is 2. The van der Waals surface area contributed by atoms with Crippen molar-refractivity contribution in [2.75, 3.05) is 7.05 Å². The smallest absolute Gasteiger partial charge is 0.309 e. The molecule has 0 bridgehead atoms. The van der Waals surface area contributed by atoms with E-state index in [0.29, 0.717) is 0 Å². The van der Waals surface area contributed by atoms with Gasteiger partial charge in [-0.2, -0.15) is 11.3 Å². The van der Waals surface area contributed by atoms with Crippen LogP contribution in [0.15, 0.2) is 33.8 Å². The summed E-state index contributed by atoms with van der Waals surface area (Å²) in [5.74, 6) is 0. The summed E-state index contributed by atoms with van der Waals surface area (Å²) in [4.78, 5) is 12.0. The van der Waals surface area contributed by atoms with Gasteiger partial charge in [0.1, 0.15) is 0 Å². The lowest BCUT2D eigenvalue weighted by atomic mass is 9.98. The first-order valence-corrected chi connectivity index (χ1v) is 7.84. The minimum Gasteiger partial charge on any atom is -0.309 e. The van der Waals surface area contributed by atoms with Crippen LogP contribution in [0.2, 0.25) is 0 Å². The largest absolute Gasteiger partial charge is 0.328 e. The molecule has 0 saturated carbocycles. The van der Waals surface area contributed by atoms with Gasteiger partial charge in [0.2, 0.25) is 0 Å². The van der Waals surface area contributed by atoms with Crippen molar-refractivity contribution in [3.63, 3.8) is 0 Å². The summed E-state index contributed by atoms with van der Waals surface area (Å²) >= 11 is 1.72. The van der Waals surface area contributed by atoms with E-state index in [-0.39, 0.29) is 11.7 Å². The summed E-state index contributed by atoms with van der Waals surface area (Å²) in [6, 6.07) is 6.38. The number of nitrogens with one attached hydrogen (secondary N) is 1. The maximum Gasteiger partial charge on any atom is 0.328 e. The maximum atomic E-state index is 12.0. The first-order chi connectivity index (χ1) is 10.0. The van der Waals surface area contributed by atoms with Crippen LogP contribution >= 0.6 is 11.3 Å². The van der Waals surface area contributed by atoms with Gasteiger partial charge < -0.3 is 5.32 Å². The average Bonchev–Trinajstić information content (AvgIpc) is 2.99. The third-order valence-corrected chi connectivity index (χ3v) is 5.00. The van der Waals surface area contributed by atoms with Crippen LogP contribution in [0.3, 0.4) is 0 Å². The molecule has 2 heterocycles. The molecule has 0 fully saturated rings. The fourth-order valence-electron chi connectivity index (χ4n) is 2.87. The predicted octanol–water partition coefficient (Wildman–Crippen LogP) is 2.56. The highest BCUT2D eigenvalue weighted by Gasteiger charge is 2.17. The molecule has 0 saturated heterocycles. The zero-order valence-electron chi connectivity index (χ0n) is 12.7. The Bertz CT molecular complexity index is 856. The van der Waals surface area contributed by atoms with E-state index in [1.165, 1.54) is 16.7 Å². The number of hydrogen-bond donors (Lipinski definition) is 1. The first-order valence-electron chi connectivity index (χ1n) is 6.90. The van der Waals surface area contributed by atoms with E-state index in [4.69, 9.17) is 0 Å². The standard InChI is InChI=1S/C16H19N3OS/c1-10-8-21-9-12(10)15(17-2)11-5-6-13-14(7-11)19(4)16(20)18(13)3/h5-9,15,17H,1-4H3. The van der Waals surface area contributed by atoms with Crippen LogP contribution in [-0.2, 0) is 14.1 Å². The third-order valence-electron chi connectivity index (χ3n) is 4.12.